The summed E-state index contributed by atoms with van der Waals surface area (Å²) >= 11 is 0. The molecule has 0 aromatic heterocycles. The Morgan fingerprint density at radius 3 is 2.56 bits per heavy atom. The van der Waals surface area contributed by atoms with Crippen LogP contribution >= 0.6 is 0 Å². The predicted molar refractivity (Wildman–Crippen MR) is 104 cm³/mol. The second-order valence-electron chi connectivity index (χ2n) is 6.23. The molecule has 1 heterocycles. The maximum absolute atomic E-state index is 12.2. The number of carbonyl (C=O) groups is 1. The van der Waals surface area contributed by atoms with Crippen LogP contribution in [0.4, 0.5) is 11.4 Å². The van der Waals surface area contributed by atoms with E-state index in [0.29, 0.717) is 35.8 Å². The highest BCUT2D eigenvalue weighted by molar-refractivity contribution is 7.93. The summed E-state index contributed by atoms with van der Waals surface area (Å²) < 4.78 is 36.3. The van der Waals surface area contributed by atoms with E-state index in [2.05, 4.69) is 5.32 Å². The van der Waals surface area contributed by atoms with Crippen LogP contribution in [-0.2, 0) is 14.8 Å². The Bertz CT molecular complexity index is 943. The maximum Gasteiger partial charge on any atom is 0.262 e. The van der Waals surface area contributed by atoms with Crippen LogP contribution in [0.3, 0.4) is 0 Å². The van der Waals surface area contributed by atoms with Crippen LogP contribution in [0.1, 0.15) is 12.0 Å². The van der Waals surface area contributed by atoms with Crippen molar-refractivity contribution in [3.8, 4) is 11.5 Å². The van der Waals surface area contributed by atoms with Crippen LogP contribution in [-0.4, -0.2) is 40.3 Å². The van der Waals surface area contributed by atoms with E-state index in [0.717, 1.165) is 5.56 Å². The number of anilines is 2. The number of rotatable bonds is 6. The molecule has 3 rings (SSSR count). The highest BCUT2D eigenvalue weighted by atomic mass is 32.2. The Morgan fingerprint density at radius 1 is 1.19 bits per heavy atom. The minimum absolute atomic E-state index is 0.165. The first kappa shape index (κ1) is 19.0. The van der Waals surface area contributed by atoms with E-state index in [1.807, 2.05) is 13.0 Å². The van der Waals surface area contributed by atoms with E-state index < -0.39 is 10.0 Å². The molecule has 0 spiro atoms. The molecule has 2 aromatic carbocycles. The van der Waals surface area contributed by atoms with E-state index in [1.54, 1.807) is 36.4 Å². The molecule has 0 bridgehead atoms. The second-order valence-corrected chi connectivity index (χ2v) is 8.24. The molecule has 27 heavy (non-hydrogen) atoms. The summed E-state index contributed by atoms with van der Waals surface area (Å²) in [6, 6.07) is 12.3. The molecule has 1 N–H and O–H groups in total. The molecular weight excluding hydrogens is 368 g/mol. The third-order valence-corrected chi connectivity index (χ3v) is 6.13. The lowest BCUT2D eigenvalue weighted by atomic mass is 10.1. The van der Waals surface area contributed by atoms with Gasteiger partial charge in [-0.15, -0.1) is 0 Å². The zero-order valence-corrected chi connectivity index (χ0v) is 16.1. The summed E-state index contributed by atoms with van der Waals surface area (Å²) in [4.78, 5) is 12.2. The average molecular weight is 390 g/mol. The van der Waals surface area contributed by atoms with Gasteiger partial charge in [-0.05, 0) is 49.2 Å². The third kappa shape index (κ3) is 4.33. The van der Waals surface area contributed by atoms with Gasteiger partial charge in [0.2, 0.25) is 10.0 Å². The summed E-state index contributed by atoms with van der Waals surface area (Å²) in [7, 11) is -1.70. The zero-order chi connectivity index (χ0) is 19.4. The fraction of sp³-hybridized carbons (Fsp3) is 0.316. The van der Waals surface area contributed by atoms with Crippen molar-refractivity contribution >= 4 is 27.3 Å². The van der Waals surface area contributed by atoms with Gasteiger partial charge in [-0.1, -0.05) is 12.1 Å². The fourth-order valence-corrected chi connectivity index (χ4v) is 4.63. The van der Waals surface area contributed by atoms with Crippen molar-refractivity contribution in [3.05, 3.63) is 48.0 Å². The highest BCUT2D eigenvalue weighted by Crippen LogP contribution is 2.29. The Morgan fingerprint density at radius 2 is 1.93 bits per heavy atom. The SMILES string of the molecule is COc1ccccc1OCC(=O)Nc1ccc(N2CCCS2(=O)=O)c(C)c1. The molecule has 0 radical (unpaired) electrons. The van der Waals surface area contributed by atoms with Crippen molar-refractivity contribution in [3.63, 3.8) is 0 Å². The number of benzene rings is 2. The van der Waals surface area contributed by atoms with E-state index >= 15 is 0 Å². The molecule has 144 valence electrons. The number of para-hydroxylation sites is 2. The standard InChI is InChI=1S/C19H22N2O5S/c1-14-12-15(8-9-16(14)21-10-5-11-27(21,23)24)20-19(22)13-26-18-7-4-3-6-17(18)25-2/h3-4,6-9,12H,5,10-11,13H2,1-2H3,(H,20,22). The molecule has 1 fully saturated rings. The molecule has 0 unspecified atom stereocenters. The molecule has 2 aromatic rings. The van der Waals surface area contributed by atoms with Crippen molar-refractivity contribution in [2.45, 2.75) is 13.3 Å². The molecular formula is C19H22N2O5S. The van der Waals surface area contributed by atoms with Gasteiger partial charge in [0.1, 0.15) is 0 Å². The molecule has 0 aliphatic carbocycles. The fourth-order valence-electron chi connectivity index (χ4n) is 3.00. The number of methoxy groups -OCH3 is 1. The number of carbonyl (C=O) groups excluding carboxylic acids is 1. The topological polar surface area (TPSA) is 84.9 Å². The molecule has 1 amide bonds. The Balaban J connectivity index is 1.64. The van der Waals surface area contributed by atoms with Crippen LogP contribution in [0.15, 0.2) is 42.5 Å². The number of aryl methyl sites for hydroxylation is 1. The maximum atomic E-state index is 12.2. The molecule has 1 aliphatic heterocycles. The molecule has 0 atom stereocenters. The summed E-state index contributed by atoms with van der Waals surface area (Å²) in [5.41, 5.74) is 2.01. The number of nitrogens with one attached hydrogen (secondary N) is 1. The van der Waals surface area contributed by atoms with Gasteiger partial charge in [0.15, 0.2) is 18.1 Å². The van der Waals surface area contributed by atoms with Gasteiger partial charge in [0, 0.05) is 12.2 Å². The number of hydrogen-bond acceptors (Lipinski definition) is 5. The van der Waals surface area contributed by atoms with Gasteiger partial charge in [0.05, 0.1) is 18.6 Å². The first-order valence-electron chi connectivity index (χ1n) is 8.57. The third-order valence-electron chi connectivity index (χ3n) is 4.28. The zero-order valence-electron chi connectivity index (χ0n) is 15.3. The van der Waals surface area contributed by atoms with Crippen LogP contribution in [0.5, 0.6) is 11.5 Å². The van der Waals surface area contributed by atoms with Gasteiger partial charge in [0.25, 0.3) is 5.91 Å². The van der Waals surface area contributed by atoms with E-state index in [9.17, 15) is 13.2 Å². The quantitative estimate of drug-likeness (QED) is 0.819. The number of nitrogens with zero attached hydrogens (tertiary/aromatic N) is 1. The van der Waals surface area contributed by atoms with Crippen LogP contribution in [0.25, 0.3) is 0 Å². The number of sulfonamides is 1. The lowest BCUT2D eigenvalue weighted by molar-refractivity contribution is -0.118. The molecule has 0 saturated carbocycles. The monoisotopic (exact) mass is 390 g/mol. The molecule has 7 nitrogen and oxygen atoms in total. The van der Waals surface area contributed by atoms with Crippen LogP contribution < -0.4 is 19.1 Å². The predicted octanol–water partition coefficient (Wildman–Crippen LogP) is 2.56. The van der Waals surface area contributed by atoms with Gasteiger partial charge < -0.3 is 14.8 Å². The Labute approximate surface area is 158 Å². The van der Waals surface area contributed by atoms with Crippen LogP contribution in [0, 0.1) is 6.92 Å². The summed E-state index contributed by atoms with van der Waals surface area (Å²) in [5, 5.41) is 2.76. The lowest BCUT2D eigenvalue weighted by Crippen LogP contribution is -2.26. The van der Waals surface area contributed by atoms with Gasteiger partial charge in [-0.25, -0.2) is 8.42 Å². The van der Waals surface area contributed by atoms with Gasteiger partial charge in [-0.3, -0.25) is 9.10 Å². The van der Waals surface area contributed by atoms with Crippen molar-refractivity contribution in [1.82, 2.24) is 0 Å². The van der Waals surface area contributed by atoms with E-state index in [-0.39, 0.29) is 18.3 Å². The first-order chi connectivity index (χ1) is 12.9. The first-order valence-corrected chi connectivity index (χ1v) is 10.2. The van der Waals surface area contributed by atoms with E-state index in [4.69, 9.17) is 9.47 Å². The summed E-state index contributed by atoms with van der Waals surface area (Å²) in [6.07, 6.45) is 0.626. The normalized spacial score (nSPS) is 15.4. The highest BCUT2D eigenvalue weighted by Gasteiger charge is 2.29. The van der Waals surface area contributed by atoms with Crippen molar-refractivity contribution in [1.29, 1.82) is 0 Å². The van der Waals surface area contributed by atoms with Gasteiger partial charge in [-0.2, -0.15) is 0 Å². The number of amides is 1. The van der Waals surface area contributed by atoms with Crippen molar-refractivity contribution < 1.29 is 22.7 Å². The van der Waals surface area contributed by atoms with Gasteiger partial charge >= 0.3 is 0 Å². The minimum atomic E-state index is -3.23. The molecule has 1 aliphatic rings. The second kappa shape index (κ2) is 7.87. The number of hydrogen-bond donors (Lipinski definition) is 1. The smallest absolute Gasteiger partial charge is 0.262 e. The number of ether oxygens (including phenoxy) is 2. The Hall–Kier alpha value is -2.74. The average Bonchev–Trinajstić information content (AvgIpc) is 2.99. The lowest BCUT2D eigenvalue weighted by Gasteiger charge is -2.20. The summed E-state index contributed by atoms with van der Waals surface area (Å²) in [5.74, 6) is 0.894. The molecule has 1 saturated heterocycles. The van der Waals surface area contributed by atoms with Crippen LogP contribution in [0.2, 0.25) is 0 Å². The largest absolute Gasteiger partial charge is 0.493 e. The van der Waals surface area contributed by atoms with Crippen molar-refractivity contribution in [2.24, 2.45) is 0 Å². The molecule has 8 heteroatoms. The van der Waals surface area contributed by atoms with E-state index in [1.165, 1.54) is 11.4 Å². The Kier molecular flexibility index (Phi) is 5.55. The van der Waals surface area contributed by atoms with Crippen molar-refractivity contribution in [2.75, 3.05) is 35.6 Å². The summed E-state index contributed by atoms with van der Waals surface area (Å²) in [6.45, 7) is 2.15. The minimum Gasteiger partial charge on any atom is -0.493 e.